The molecule has 2 aliphatic heterocycles. The summed E-state index contributed by atoms with van der Waals surface area (Å²) in [6, 6.07) is 4.81. The van der Waals surface area contributed by atoms with E-state index in [1.54, 1.807) is 0 Å². The van der Waals surface area contributed by atoms with Crippen LogP contribution in [0.2, 0.25) is 0 Å². The summed E-state index contributed by atoms with van der Waals surface area (Å²) in [6.45, 7) is 8.00. The molecule has 0 radical (unpaired) electrons. The molecule has 0 aliphatic carbocycles. The molecule has 174 valence electrons. The predicted octanol–water partition coefficient (Wildman–Crippen LogP) is 3.95. The van der Waals surface area contributed by atoms with Gasteiger partial charge in [0, 0.05) is 25.7 Å². The fourth-order valence-corrected chi connectivity index (χ4v) is 4.91. The molecule has 0 bridgehead atoms. The molecule has 1 fully saturated rings. The zero-order valence-corrected chi connectivity index (χ0v) is 19.4. The fourth-order valence-electron chi connectivity index (χ4n) is 4.91. The number of aldehydes is 1. The lowest BCUT2D eigenvalue weighted by molar-refractivity contribution is -0.109. The van der Waals surface area contributed by atoms with E-state index < -0.39 is 0 Å². The molecule has 2 heterocycles. The molecule has 1 aromatic rings. The number of unbranched alkanes of at least 4 members (excludes halogenated alkanes) is 3. The molecular formula is C25H40N2O4. The molecule has 0 amide bonds. The number of carbonyl (C=O) groups excluding carboxylic acids is 1. The summed E-state index contributed by atoms with van der Waals surface area (Å²) in [7, 11) is 0. The van der Waals surface area contributed by atoms with Crippen LogP contribution in [0.3, 0.4) is 0 Å². The van der Waals surface area contributed by atoms with Crippen LogP contribution in [-0.2, 0) is 11.2 Å². The molecule has 1 saturated heterocycles. The average molecular weight is 433 g/mol. The molecule has 31 heavy (non-hydrogen) atoms. The van der Waals surface area contributed by atoms with Crippen molar-refractivity contribution in [2.75, 3.05) is 39.7 Å². The standard InChI is InChI=1S/C25H40N2O4/c1-3-5-7-10-26(18-29)11-9-23-15-22(17-27(23)12-13-28)21-14-20(8-6-4-2)25-24(16-21)30-19-31-25/h13-14,16,22-23,29H,3-12,15,17-19H2,1-2H3. The highest BCUT2D eigenvalue weighted by atomic mass is 16.7. The van der Waals surface area contributed by atoms with Gasteiger partial charge in [-0.3, -0.25) is 9.80 Å². The van der Waals surface area contributed by atoms with E-state index in [4.69, 9.17) is 9.47 Å². The van der Waals surface area contributed by atoms with Gasteiger partial charge in [-0.1, -0.05) is 39.2 Å². The van der Waals surface area contributed by atoms with Crippen molar-refractivity contribution in [1.29, 1.82) is 0 Å². The van der Waals surface area contributed by atoms with Crippen molar-refractivity contribution >= 4 is 6.29 Å². The Morgan fingerprint density at radius 3 is 2.74 bits per heavy atom. The van der Waals surface area contributed by atoms with Crippen molar-refractivity contribution < 1.29 is 19.4 Å². The van der Waals surface area contributed by atoms with Crippen LogP contribution in [0.1, 0.15) is 75.8 Å². The summed E-state index contributed by atoms with van der Waals surface area (Å²) in [5.41, 5.74) is 2.55. The first-order valence-corrected chi connectivity index (χ1v) is 12.1. The van der Waals surface area contributed by atoms with Crippen LogP contribution >= 0.6 is 0 Å². The van der Waals surface area contributed by atoms with Gasteiger partial charge in [0.25, 0.3) is 0 Å². The van der Waals surface area contributed by atoms with E-state index in [2.05, 4.69) is 35.8 Å². The maximum Gasteiger partial charge on any atom is 0.231 e. The minimum absolute atomic E-state index is 0.108. The zero-order chi connectivity index (χ0) is 22.1. The Kier molecular flexibility index (Phi) is 9.62. The summed E-state index contributed by atoms with van der Waals surface area (Å²) in [6.07, 6.45) is 9.84. The van der Waals surface area contributed by atoms with E-state index >= 15 is 0 Å². The second-order valence-corrected chi connectivity index (χ2v) is 8.98. The van der Waals surface area contributed by atoms with E-state index in [9.17, 15) is 9.90 Å². The van der Waals surface area contributed by atoms with Crippen LogP contribution in [0.4, 0.5) is 0 Å². The number of nitrogens with zero attached hydrogens (tertiary/aromatic N) is 2. The van der Waals surface area contributed by atoms with Crippen molar-refractivity contribution in [2.24, 2.45) is 0 Å². The molecule has 2 atom stereocenters. The molecule has 1 N–H and O–H groups in total. The Hall–Kier alpha value is -1.63. The van der Waals surface area contributed by atoms with Gasteiger partial charge in [-0.2, -0.15) is 0 Å². The van der Waals surface area contributed by atoms with Crippen LogP contribution < -0.4 is 9.47 Å². The first kappa shape index (κ1) is 24.0. The van der Waals surface area contributed by atoms with Crippen molar-refractivity contribution in [2.45, 2.75) is 77.2 Å². The average Bonchev–Trinajstić information content (AvgIpc) is 3.41. The third kappa shape index (κ3) is 6.43. The van der Waals surface area contributed by atoms with Crippen LogP contribution in [0.25, 0.3) is 0 Å². The van der Waals surface area contributed by atoms with E-state index in [1.807, 2.05) is 0 Å². The number of aliphatic hydroxyl groups is 1. The van der Waals surface area contributed by atoms with Crippen LogP contribution in [0.5, 0.6) is 11.5 Å². The summed E-state index contributed by atoms with van der Waals surface area (Å²) in [5, 5.41) is 9.72. The highest BCUT2D eigenvalue weighted by Crippen LogP contribution is 2.42. The summed E-state index contributed by atoms with van der Waals surface area (Å²) in [5.74, 6) is 2.18. The van der Waals surface area contributed by atoms with Crippen molar-refractivity contribution in [1.82, 2.24) is 9.80 Å². The van der Waals surface area contributed by atoms with Gasteiger partial charge in [0.15, 0.2) is 11.5 Å². The van der Waals surface area contributed by atoms with Crippen LogP contribution in [-0.4, -0.2) is 66.9 Å². The number of hydrogen-bond acceptors (Lipinski definition) is 6. The summed E-state index contributed by atoms with van der Waals surface area (Å²) < 4.78 is 11.5. The first-order valence-electron chi connectivity index (χ1n) is 12.1. The van der Waals surface area contributed by atoms with Gasteiger partial charge in [-0.25, -0.2) is 0 Å². The van der Waals surface area contributed by atoms with Crippen molar-refractivity contribution in [3.05, 3.63) is 23.3 Å². The quantitative estimate of drug-likeness (QED) is 0.273. The smallest absolute Gasteiger partial charge is 0.231 e. The lowest BCUT2D eigenvalue weighted by Gasteiger charge is -2.25. The zero-order valence-electron chi connectivity index (χ0n) is 19.4. The van der Waals surface area contributed by atoms with Gasteiger partial charge in [0.05, 0.1) is 13.3 Å². The maximum atomic E-state index is 11.3. The summed E-state index contributed by atoms with van der Waals surface area (Å²) >= 11 is 0. The number of aryl methyl sites for hydroxylation is 1. The molecular weight excluding hydrogens is 392 g/mol. The molecule has 1 aromatic carbocycles. The lowest BCUT2D eigenvalue weighted by atomic mass is 9.92. The number of likely N-dealkylation sites (tertiary alicyclic amines) is 1. The van der Waals surface area contributed by atoms with Gasteiger partial charge in [0.1, 0.15) is 6.29 Å². The summed E-state index contributed by atoms with van der Waals surface area (Å²) in [4.78, 5) is 15.8. The first-order chi connectivity index (χ1) is 15.2. The fraction of sp³-hybridized carbons (Fsp3) is 0.720. The molecule has 2 unspecified atom stereocenters. The van der Waals surface area contributed by atoms with Crippen LogP contribution in [0.15, 0.2) is 12.1 Å². The lowest BCUT2D eigenvalue weighted by Crippen LogP contribution is -2.35. The number of fused-ring (bicyclic) bond motifs is 1. The van der Waals surface area contributed by atoms with Gasteiger partial charge >= 0.3 is 0 Å². The Morgan fingerprint density at radius 2 is 2.00 bits per heavy atom. The van der Waals surface area contributed by atoms with Crippen molar-refractivity contribution in [3.8, 4) is 11.5 Å². The molecule has 6 heteroatoms. The second-order valence-electron chi connectivity index (χ2n) is 8.98. The number of rotatable bonds is 14. The number of benzene rings is 1. The number of ether oxygens (including phenoxy) is 2. The number of carbonyl (C=O) groups is 1. The topological polar surface area (TPSA) is 62.2 Å². The normalized spacial score (nSPS) is 20.6. The second kappa shape index (κ2) is 12.4. The van der Waals surface area contributed by atoms with Crippen molar-refractivity contribution in [3.63, 3.8) is 0 Å². The minimum atomic E-state index is 0.108. The Bertz CT molecular complexity index is 696. The molecule has 0 aromatic heterocycles. The molecule has 3 rings (SSSR count). The Balaban J connectivity index is 1.67. The molecule has 2 aliphatic rings. The monoisotopic (exact) mass is 432 g/mol. The highest BCUT2D eigenvalue weighted by Gasteiger charge is 2.34. The number of aliphatic hydroxyl groups excluding tert-OH is 1. The van der Waals surface area contributed by atoms with E-state index in [1.165, 1.54) is 24.0 Å². The molecule has 0 spiro atoms. The highest BCUT2D eigenvalue weighted by molar-refractivity contribution is 5.53. The molecule has 0 saturated carbocycles. The predicted molar refractivity (Wildman–Crippen MR) is 123 cm³/mol. The largest absolute Gasteiger partial charge is 0.454 e. The van der Waals surface area contributed by atoms with E-state index in [0.717, 1.165) is 75.9 Å². The van der Waals surface area contributed by atoms with Gasteiger partial charge < -0.3 is 19.4 Å². The van der Waals surface area contributed by atoms with Gasteiger partial charge in [-0.05, 0) is 55.2 Å². The van der Waals surface area contributed by atoms with Gasteiger partial charge in [0.2, 0.25) is 6.79 Å². The maximum absolute atomic E-state index is 11.3. The van der Waals surface area contributed by atoms with Crippen LogP contribution in [0, 0.1) is 0 Å². The minimum Gasteiger partial charge on any atom is -0.454 e. The Labute approximate surface area is 187 Å². The molecule has 6 nitrogen and oxygen atoms in total. The third-order valence-electron chi connectivity index (χ3n) is 6.74. The van der Waals surface area contributed by atoms with E-state index in [-0.39, 0.29) is 6.73 Å². The third-order valence-corrected chi connectivity index (χ3v) is 6.74. The SMILES string of the molecule is CCCCCN(CO)CCC1CC(c2cc(CCCC)c3c(c2)OCO3)CN1CC=O. The van der Waals surface area contributed by atoms with Gasteiger partial charge in [-0.15, -0.1) is 0 Å². The van der Waals surface area contributed by atoms with E-state index in [0.29, 0.717) is 25.3 Å². The number of hydrogen-bond donors (Lipinski definition) is 1. The Morgan fingerprint density at radius 1 is 1.16 bits per heavy atom.